The van der Waals surface area contributed by atoms with Gasteiger partial charge in [0.1, 0.15) is 0 Å². The van der Waals surface area contributed by atoms with Crippen molar-refractivity contribution in [3.63, 3.8) is 0 Å². The first-order valence-electron chi connectivity index (χ1n) is 8.67. The zero-order chi connectivity index (χ0) is 18.1. The summed E-state index contributed by atoms with van der Waals surface area (Å²) in [6, 6.07) is 1.83. The number of rotatable bonds is 7. The molecule has 2 N–H and O–H groups in total. The number of carboxylic acid groups (broad SMARTS) is 1. The topological polar surface area (TPSA) is 105 Å². The van der Waals surface area contributed by atoms with E-state index in [-0.39, 0.29) is 24.2 Å². The van der Waals surface area contributed by atoms with Crippen LogP contribution >= 0.6 is 0 Å². The highest BCUT2D eigenvalue weighted by atomic mass is 16.5. The molecule has 0 radical (unpaired) electrons. The highest BCUT2D eigenvalue weighted by Gasteiger charge is 2.29. The summed E-state index contributed by atoms with van der Waals surface area (Å²) in [5.41, 5.74) is 2.49. The van der Waals surface area contributed by atoms with Gasteiger partial charge in [-0.1, -0.05) is 25.9 Å². The normalized spacial score (nSPS) is 15.5. The molecule has 1 atom stereocenters. The lowest BCUT2D eigenvalue weighted by molar-refractivity contribution is -0.137. The second-order valence-electron chi connectivity index (χ2n) is 7.18. The van der Waals surface area contributed by atoms with E-state index < -0.39 is 5.97 Å². The number of fused-ring (bicyclic) bond motifs is 1. The average molecular weight is 345 g/mol. The Hall–Kier alpha value is -2.44. The molecule has 7 nitrogen and oxygen atoms in total. The zero-order valence-corrected chi connectivity index (χ0v) is 14.7. The van der Waals surface area contributed by atoms with Crippen molar-refractivity contribution in [2.45, 2.75) is 51.9 Å². The van der Waals surface area contributed by atoms with Gasteiger partial charge >= 0.3 is 5.97 Å². The highest BCUT2D eigenvalue weighted by Crippen LogP contribution is 2.41. The van der Waals surface area contributed by atoms with E-state index >= 15 is 0 Å². The third-order valence-electron chi connectivity index (χ3n) is 4.41. The minimum absolute atomic E-state index is 0.0177. The van der Waals surface area contributed by atoms with Crippen LogP contribution in [0.15, 0.2) is 10.6 Å². The molecule has 2 aromatic heterocycles. The number of carboxylic acids is 1. The Morgan fingerprint density at radius 2 is 2.08 bits per heavy atom. The van der Waals surface area contributed by atoms with Crippen LogP contribution in [0.4, 0.5) is 0 Å². The summed E-state index contributed by atoms with van der Waals surface area (Å²) in [7, 11) is 0. The molecule has 3 rings (SSSR count). The number of amides is 1. The minimum atomic E-state index is -0.870. The molecule has 1 aliphatic rings. The van der Waals surface area contributed by atoms with Crippen molar-refractivity contribution < 1.29 is 19.2 Å². The first-order chi connectivity index (χ1) is 11.9. The smallest absolute Gasteiger partial charge is 0.303 e. The number of carbonyl (C=O) groups is 2. The summed E-state index contributed by atoms with van der Waals surface area (Å²) in [6.07, 6.45) is 2.16. The van der Waals surface area contributed by atoms with Crippen LogP contribution in [0.5, 0.6) is 0 Å². The van der Waals surface area contributed by atoms with E-state index in [0.29, 0.717) is 34.8 Å². The summed E-state index contributed by atoms with van der Waals surface area (Å²) in [4.78, 5) is 28.1. The minimum Gasteiger partial charge on any atom is -0.481 e. The first kappa shape index (κ1) is 17.4. The lowest BCUT2D eigenvalue weighted by Gasteiger charge is -2.12. The van der Waals surface area contributed by atoms with Gasteiger partial charge in [-0.2, -0.15) is 0 Å². The van der Waals surface area contributed by atoms with Crippen LogP contribution in [0, 0.1) is 5.92 Å². The SMILES string of the molecule is CC(CNC(=O)c1cc(C2CC2)nc2onc(C(C)C)c12)CC(=O)O. The highest BCUT2D eigenvalue weighted by molar-refractivity contribution is 6.06. The molecule has 25 heavy (non-hydrogen) atoms. The molecule has 2 aromatic rings. The molecule has 0 aliphatic heterocycles. The van der Waals surface area contributed by atoms with Crippen LogP contribution in [0.1, 0.15) is 73.6 Å². The van der Waals surface area contributed by atoms with E-state index in [9.17, 15) is 9.59 Å². The van der Waals surface area contributed by atoms with Crippen LogP contribution in [-0.4, -0.2) is 33.7 Å². The van der Waals surface area contributed by atoms with E-state index in [1.54, 1.807) is 6.92 Å². The second-order valence-corrected chi connectivity index (χ2v) is 7.18. The molecule has 1 fully saturated rings. The molecule has 1 aliphatic carbocycles. The Morgan fingerprint density at radius 3 is 2.68 bits per heavy atom. The summed E-state index contributed by atoms with van der Waals surface area (Å²) in [5.74, 6) is -0.766. The van der Waals surface area contributed by atoms with Crippen LogP contribution < -0.4 is 5.32 Å². The van der Waals surface area contributed by atoms with E-state index in [1.807, 2.05) is 19.9 Å². The van der Waals surface area contributed by atoms with E-state index in [0.717, 1.165) is 18.5 Å². The maximum Gasteiger partial charge on any atom is 0.303 e. The van der Waals surface area contributed by atoms with Gasteiger partial charge in [0.05, 0.1) is 16.6 Å². The Labute approximate surface area is 145 Å². The predicted molar refractivity (Wildman–Crippen MR) is 91.6 cm³/mol. The van der Waals surface area contributed by atoms with Crippen molar-refractivity contribution in [2.24, 2.45) is 5.92 Å². The van der Waals surface area contributed by atoms with Gasteiger partial charge in [-0.15, -0.1) is 0 Å². The average Bonchev–Trinajstić information content (AvgIpc) is 3.30. The number of hydrogen-bond acceptors (Lipinski definition) is 5. The Balaban J connectivity index is 1.91. The Kier molecular flexibility index (Phi) is 4.74. The van der Waals surface area contributed by atoms with Crippen molar-refractivity contribution in [1.29, 1.82) is 0 Å². The molecule has 7 heteroatoms. The zero-order valence-electron chi connectivity index (χ0n) is 14.7. The summed E-state index contributed by atoms with van der Waals surface area (Å²) >= 11 is 0. The molecule has 2 heterocycles. The number of aromatic nitrogens is 2. The number of pyridine rings is 1. The molecular weight excluding hydrogens is 322 g/mol. The molecule has 0 bridgehead atoms. The van der Waals surface area contributed by atoms with E-state index in [4.69, 9.17) is 9.63 Å². The maximum absolute atomic E-state index is 12.8. The molecule has 0 spiro atoms. The van der Waals surface area contributed by atoms with Crippen LogP contribution in [-0.2, 0) is 4.79 Å². The van der Waals surface area contributed by atoms with Crippen LogP contribution in [0.2, 0.25) is 0 Å². The van der Waals surface area contributed by atoms with E-state index in [2.05, 4.69) is 15.5 Å². The van der Waals surface area contributed by atoms with E-state index in [1.165, 1.54) is 0 Å². The fourth-order valence-corrected chi connectivity index (χ4v) is 2.89. The van der Waals surface area contributed by atoms with Gasteiger partial charge in [-0.25, -0.2) is 4.98 Å². The number of nitrogens with zero attached hydrogens (tertiary/aromatic N) is 2. The third kappa shape index (κ3) is 3.81. The van der Waals surface area contributed by atoms with Gasteiger partial charge in [-0.3, -0.25) is 9.59 Å². The van der Waals surface area contributed by atoms with Crippen LogP contribution in [0.3, 0.4) is 0 Å². The quantitative estimate of drug-likeness (QED) is 0.799. The number of carbonyl (C=O) groups excluding carboxylic acids is 1. The molecule has 1 amide bonds. The molecule has 1 unspecified atom stereocenters. The number of hydrogen-bond donors (Lipinski definition) is 2. The first-order valence-corrected chi connectivity index (χ1v) is 8.67. The van der Waals surface area contributed by atoms with Gasteiger partial charge in [-0.05, 0) is 30.7 Å². The molecule has 134 valence electrons. The lowest BCUT2D eigenvalue weighted by Crippen LogP contribution is -2.29. The van der Waals surface area contributed by atoms with Crippen LogP contribution in [0.25, 0.3) is 11.1 Å². The van der Waals surface area contributed by atoms with Crippen molar-refractivity contribution in [3.05, 3.63) is 23.0 Å². The largest absolute Gasteiger partial charge is 0.481 e. The van der Waals surface area contributed by atoms with Gasteiger partial charge < -0.3 is 14.9 Å². The molecule has 0 saturated heterocycles. The number of nitrogens with one attached hydrogen (secondary N) is 1. The molecular formula is C18H23N3O4. The van der Waals surface area contributed by atoms with Gasteiger partial charge in [0.15, 0.2) is 0 Å². The van der Waals surface area contributed by atoms with Crippen molar-refractivity contribution in [3.8, 4) is 0 Å². The number of aliphatic carboxylic acids is 1. The van der Waals surface area contributed by atoms with Crippen molar-refractivity contribution >= 4 is 23.0 Å². The van der Waals surface area contributed by atoms with Crippen molar-refractivity contribution in [2.75, 3.05) is 6.54 Å². The summed E-state index contributed by atoms with van der Waals surface area (Å²) in [5, 5.41) is 16.4. The predicted octanol–water partition coefficient (Wildman–Crippen LogP) is 3.06. The Bertz CT molecular complexity index is 808. The third-order valence-corrected chi connectivity index (χ3v) is 4.41. The van der Waals surface area contributed by atoms with Gasteiger partial charge in [0, 0.05) is 24.6 Å². The monoisotopic (exact) mass is 345 g/mol. The standard InChI is InChI=1S/C18H23N3O4/c1-9(2)16-15-12(17(24)19-8-10(3)6-14(22)23)7-13(11-4-5-11)20-18(15)25-21-16/h7,9-11H,4-6,8H2,1-3H3,(H,19,24)(H,22,23). The second kappa shape index (κ2) is 6.82. The van der Waals surface area contributed by atoms with Gasteiger partial charge in [0.25, 0.3) is 11.6 Å². The Morgan fingerprint density at radius 1 is 1.36 bits per heavy atom. The molecule has 1 saturated carbocycles. The lowest BCUT2D eigenvalue weighted by atomic mass is 10.0. The molecule has 0 aromatic carbocycles. The fraction of sp³-hybridized carbons (Fsp3) is 0.556. The summed E-state index contributed by atoms with van der Waals surface area (Å²) in [6.45, 7) is 6.08. The van der Waals surface area contributed by atoms with Crippen molar-refractivity contribution in [1.82, 2.24) is 15.5 Å². The summed E-state index contributed by atoms with van der Waals surface area (Å²) < 4.78 is 5.38. The maximum atomic E-state index is 12.8. The fourth-order valence-electron chi connectivity index (χ4n) is 2.89. The van der Waals surface area contributed by atoms with Gasteiger partial charge in [0.2, 0.25) is 0 Å².